The number of hydrogen-bond acceptors (Lipinski definition) is 5. The zero-order valence-corrected chi connectivity index (χ0v) is 23.7. The Hall–Kier alpha value is -1.000. The van der Waals surface area contributed by atoms with Crippen LogP contribution in [0.3, 0.4) is 0 Å². The van der Waals surface area contributed by atoms with Crippen LogP contribution in [0.1, 0.15) is 64.9 Å². The standard InChI is InChI=1S/C26H41IN3O3S/c1-26(2,3)30-24(31)21-15-22-20(12-13-34-22)14-19(21)10-7-11-23(27-17-28)29-25(32)33-16-18-8-5-4-6-9-18/h4-6,8-9,19-23H,7,10-17,28H2,1-3H3,(H,29,32)(H,30,31)/q-1/t19?,20-,21?,22-,23?/m1/s1. The quantitative estimate of drug-likeness (QED) is 0.215. The van der Waals surface area contributed by atoms with Crippen molar-refractivity contribution in [3.05, 3.63) is 35.9 Å². The van der Waals surface area contributed by atoms with Crippen LogP contribution in [0.5, 0.6) is 0 Å². The van der Waals surface area contributed by atoms with Crippen LogP contribution >= 0.6 is 11.8 Å². The third-order valence-electron chi connectivity index (χ3n) is 6.64. The molecule has 1 aromatic rings. The normalized spacial score (nSPS) is 25.4. The van der Waals surface area contributed by atoms with Crippen molar-refractivity contribution in [1.29, 1.82) is 0 Å². The van der Waals surface area contributed by atoms with Crippen molar-refractivity contribution in [1.82, 2.24) is 10.6 Å². The molecule has 1 aliphatic heterocycles. The van der Waals surface area contributed by atoms with Crippen LogP contribution < -0.4 is 37.6 Å². The molecule has 2 aliphatic rings. The number of fused-ring (bicyclic) bond motifs is 1. The van der Waals surface area contributed by atoms with Crippen LogP contribution in [-0.4, -0.2) is 37.1 Å². The van der Waals surface area contributed by atoms with Gasteiger partial charge in [0.15, 0.2) is 0 Å². The van der Waals surface area contributed by atoms with Crippen LogP contribution in [0, 0.1) is 17.8 Å². The Morgan fingerprint density at radius 2 is 2.00 bits per heavy atom. The summed E-state index contributed by atoms with van der Waals surface area (Å²) in [6.45, 7) is 6.44. The van der Waals surface area contributed by atoms with E-state index in [0.29, 0.717) is 15.7 Å². The number of alkyl carbamates (subject to hydrolysis) is 1. The first-order valence-corrected chi connectivity index (χ1v) is 16.3. The Morgan fingerprint density at radius 3 is 2.71 bits per heavy atom. The molecule has 0 spiro atoms. The van der Waals surface area contributed by atoms with Crippen molar-refractivity contribution in [2.24, 2.45) is 23.5 Å². The number of carbonyl (C=O) groups excluding carboxylic acids is 2. The number of halogens is 1. The van der Waals surface area contributed by atoms with E-state index in [0.717, 1.165) is 43.6 Å². The molecule has 3 rings (SSSR count). The number of hydrogen-bond donors (Lipinski definition) is 3. The number of alkyl halides is 2. The van der Waals surface area contributed by atoms with Gasteiger partial charge in [-0.2, -0.15) is 0 Å². The van der Waals surface area contributed by atoms with Crippen LogP contribution in [-0.2, 0) is 16.1 Å². The Morgan fingerprint density at radius 1 is 1.24 bits per heavy atom. The van der Waals surface area contributed by atoms with Gasteiger partial charge in [0.05, 0.1) is 0 Å². The predicted molar refractivity (Wildman–Crippen MR) is 135 cm³/mol. The van der Waals surface area contributed by atoms with Gasteiger partial charge in [-0.25, -0.2) is 0 Å². The van der Waals surface area contributed by atoms with Crippen molar-refractivity contribution < 1.29 is 35.5 Å². The number of amides is 2. The molecule has 3 unspecified atom stereocenters. The fraction of sp³-hybridized carbons (Fsp3) is 0.692. The van der Waals surface area contributed by atoms with Crippen molar-refractivity contribution in [2.45, 2.75) is 80.7 Å². The summed E-state index contributed by atoms with van der Waals surface area (Å²) >= 11 is 1.72. The van der Waals surface area contributed by atoms with Crippen LogP contribution in [0.2, 0.25) is 0 Å². The van der Waals surface area contributed by atoms with E-state index in [9.17, 15) is 9.59 Å². The number of benzene rings is 1. The summed E-state index contributed by atoms with van der Waals surface area (Å²) in [5.74, 6) is 2.72. The van der Waals surface area contributed by atoms with Gasteiger partial charge >= 0.3 is 220 Å². The van der Waals surface area contributed by atoms with Crippen molar-refractivity contribution in [3.63, 3.8) is 0 Å². The summed E-state index contributed by atoms with van der Waals surface area (Å²) in [5.41, 5.74) is 6.63. The van der Waals surface area contributed by atoms with Crippen LogP contribution in [0.15, 0.2) is 30.3 Å². The van der Waals surface area contributed by atoms with Crippen molar-refractivity contribution >= 4 is 23.8 Å². The molecule has 34 heavy (non-hydrogen) atoms. The van der Waals surface area contributed by atoms with E-state index in [-0.39, 0.29) is 55.3 Å². The number of rotatable bonds is 10. The number of nitrogens with two attached hydrogens (primary N) is 1. The van der Waals surface area contributed by atoms with E-state index in [1.807, 2.05) is 30.3 Å². The summed E-state index contributed by atoms with van der Waals surface area (Å²) in [6, 6.07) is 9.71. The van der Waals surface area contributed by atoms with Gasteiger partial charge in [-0.1, -0.05) is 0 Å². The van der Waals surface area contributed by atoms with E-state index >= 15 is 0 Å². The summed E-state index contributed by atoms with van der Waals surface area (Å²) in [4.78, 5) is 25.5. The zero-order valence-electron chi connectivity index (χ0n) is 20.7. The molecule has 8 heteroatoms. The van der Waals surface area contributed by atoms with Crippen molar-refractivity contribution in [2.75, 3.05) is 10.3 Å². The number of ether oxygens (including phenoxy) is 1. The van der Waals surface area contributed by atoms with E-state index < -0.39 is 0 Å². The molecule has 1 heterocycles. The SMILES string of the molecule is CC(C)(C)NC(=O)C1C[C@H]2SCC[C@@H]2CC1CCCC(NC(=O)OCc1ccccc1)[I-]CN. The first kappa shape index (κ1) is 27.6. The van der Waals surface area contributed by atoms with Crippen LogP contribution in [0.4, 0.5) is 4.79 Å². The molecule has 5 atom stereocenters. The van der Waals surface area contributed by atoms with Gasteiger partial charge < -0.3 is 0 Å². The zero-order chi connectivity index (χ0) is 24.6. The first-order valence-electron chi connectivity index (χ1n) is 12.4. The molecule has 6 nitrogen and oxygen atoms in total. The fourth-order valence-electron chi connectivity index (χ4n) is 5.07. The third kappa shape index (κ3) is 8.90. The molecular weight excluding hydrogens is 561 g/mol. The van der Waals surface area contributed by atoms with Gasteiger partial charge in [-0.3, -0.25) is 0 Å². The second kappa shape index (κ2) is 13.3. The monoisotopic (exact) mass is 602 g/mol. The Balaban J connectivity index is 1.50. The molecule has 0 aromatic heterocycles. The minimum atomic E-state index is -0.368. The number of nitrogens with one attached hydrogen (secondary N) is 2. The van der Waals surface area contributed by atoms with Gasteiger partial charge in [-0.05, 0) is 0 Å². The Bertz CT molecular complexity index is 789. The van der Waals surface area contributed by atoms with E-state index in [4.69, 9.17) is 10.5 Å². The molecule has 0 bridgehead atoms. The molecule has 1 saturated heterocycles. The molecule has 0 radical (unpaired) electrons. The van der Waals surface area contributed by atoms with E-state index in [1.54, 1.807) is 0 Å². The van der Waals surface area contributed by atoms with Gasteiger partial charge in [-0.15, -0.1) is 0 Å². The summed E-state index contributed by atoms with van der Waals surface area (Å²) in [5, 5.41) is 6.93. The van der Waals surface area contributed by atoms with Crippen LogP contribution in [0.25, 0.3) is 0 Å². The molecular formula is C26H41IN3O3S-. The van der Waals surface area contributed by atoms with Gasteiger partial charge in [0.2, 0.25) is 0 Å². The fourth-order valence-corrected chi connectivity index (χ4v) is 8.64. The second-order valence-electron chi connectivity index (χ2n) is 10.4. The molecule has 192 valence electrons. The summed E-state index contributed by atoms with van der Waals surface area (Å²) in [7, 11) is 0. The average molecular weight is 603 g/mol. The number of carbonyl (C=O) groups is 2. The van der Waals surface area contributed by atoms with Gasteiger partial charge in [0, 0.05) is 0 Å². The maximum atomic E-state index is 13.1. The molecule has 1 aliphatic carbocycles. The molecule has 1 aromatic carbocycles. The topological polar surface area (TPSA) is 93.5 Å². The summed E-state index contributed by atoms with van der Waals surface area (Å²) < 4.78 is 6.15. The second-order valence-corrected chi connectivity index (χ2v) is 15.1. The predicted octanol–water partition coefficient (Wildman–Crippen LogP) is 1.48. The first-order chi connectivity index (χ1) is 16.2. The number of thioether (sulfide) groups is 1. The molecule has 2 amide bonds. The van der Waals surface area contributed by atoms with Crippen molar-refractivity contribution in [3.8, 4) is 0 Å². The summed E-state index contributed by atoms with van der Waals surface area (Å²) in [6.07, 6.45) is 6.01. The molecule has 4 N–H and O–H groups in total. The maximum absolute atomic E-state index is 13.1. The Labute approximate surface area is 219 Å². The van der Waals surface area contributed by atoms with E-state index in [1.165, 1.54) is 12.2 Å². The van der Waals surface area contributed by atoms with Gasteiger partial charge in [0.1, 0.15) is 0 Å². The Kier molecular flexibility index (Phi) is 10.8. The molecule has 2 fully saturated rings. The molecule has 1 saturated carbocycles. The average Bonchev–Trinajstić information content (AvgIpc) is 3.24. The minimum absolute atomic E-state index is 0.0949. The van der Waals surface area contributed by atoms with Gasteiger partial charge in [0.25, 0.3) is 0 Å². The van der Waals surface area contributed by atoms with E-state index in [2.05, 4.69) is 43.2 Å². The third-order valence-corrected chi connectivity index (χ3v) is 10.6.